The van der Waals surface area contributed by atoms with E-state index in [0.29, 0.717) is 13.0 Å². The van der Waals surface area contributed by atoms with Crippen molar-refractivity contribution in [1.29, 1.82) is 0 Å². The average Bonchev–Trinajstić information content (AvgIpc) is 2.55. The summed E-state index contributed by atoms with van der Waals surface area (Å²) in [7, 11) is 0. The van der Waals surface area contributed by atoms with Crippen molar-refractivity contribution < 1.29 is 14.5 Å². The fourth-order valence-corrected chi connectivity index (χ4v) is 2.22. The molecule has 2 heterocycles. The van der Waals surface area contributed by atoms with E-state index < -0.39 is 12.0 Å². The van der Waals surface area contributed by atoms with Crippen LogP contribution in [0.15, 0.2) is 4.63 Å². The van der Waals surface area contributed by atoms with Gasteiger partial charge >= 0.3 is 5.97 Å². The van der Waals surface area contributed by atoms with Crippen LogP contribution < -0.4 is 0 Å². The first-order chi connectivity index (χ1) is 8.18. The number of rotatable bonds is 3. The highest BCUT2D eigenvalue weighted by Crippen LogP contribution is 2.19. The van der Waals surface area contributed by atoms with E-state index in [1.807, 2.05) is 11.8 Å². The Bertz CT molecular complexity index is 391. The number of carboxylic acids is 1. The highest BCUT2D eigenvalue weighted by atomic mass is 16.6. The molecule has 0 aliphatic carbocycles. The lowest BCUT2D eigenvalue weighted by Gasteiger charge is -2.25. The third kappa shape index (κ3) is 2.82. The molecule has 1 unspecified atom stereocenters. The van der Waals surface area contributed by atoms with Crippen molar-refractivity contribution in [3.8, 4) is 0 Å². The van der Waals surface area contributed by atoms with Crippen LogP contribution in [0.1, 0.15) is 37.1 Å². The molecule has 94 valence electrons. The Hall–Kier alpha value is -1.43. The van der Waals surface area contributed by atoms with Crippen LogP contribution in [0, 0.1) is 6.92 Å². The van der Waals surface area contributed by atoms with Gasteiger partial charge in [0.15, 0.2) is 0 Å². The summed E-state index contributed by atoms with van der Waals surface area (Å²) >= 11 is 0. The van der Waals surface area contributed by atoms with Gasteiger partial charge in [-0.2, -0.15) is 0 Å². The van der Waals surface area contributed by atoms with E-state index in [1.165, 1.54) is 0 Å². The highest BCUT2D eigenvalue weighted by Gasteiger charge is 2.28. The number of aliphatic carboxylic acids is 1. The Kier molecular flexibility index (Phi) is 3.73. The zero-order valence-electron chi connectivity index (χ0n) is 9.93. The minimum atomic E-state index is -0.749. The van der Waals surface area contributed by atoms with Gasteiger partial charge < -0.3 is 5.11 Å². The molecular formula is C11H17N3O3. The number of nitrogens with zero attached hydrogens (tertiary/aromatic N) is 3. The molecule has 17 heavy (non-hydrogen) atoms. The van der Waals surface area contributed by atoms with Gasteiger partial charge in [0.05, 0.1) is 0 Å². The van der Waals surface area contributed by atoms with Crippen LogP contribution in [0.2, 0.25) is 0 Å². The number of carboxylic acid groups (broad SMARTS) is 1. The number of hydrogen-bond donors (Lipinski definition) is 1. The van der Waals surface area contributed by atoms with Crippen molar-refractivity contribution in [3.63, 3.8) is 0 Å². The van der Waals surface area contributed by atoms with Crippen LogP contribution in [0.3, 0.4) is 0 Å². The number of aryl methyl sites for hydroxylation is 1. The Labute approximate surface area is 99.6 Å². The first-order valence-corrected chi connectivity index (χ1v) is 5.93. The second-order valence-electron chi connectivity index (χ2n) is 4.47. The summed E-state index contributed by atoms with van der Waals surface area (Å²) in [5.74, 6) is -0.749. The van der Waals surface area contributed by atoms with Crippen LogP contribution in [0.4, 0.5) is 0 Å². The van der Waals surface area contributed by atoms with E-state index in [1.54, 1.807) is 0 Å². The second kappa shape index (κ2) is 5.27. The molecule has 2 rings (SSSR count). The lowest BCUT2D eigenvalue weighted by Crippen LogP contribution is -2.40. The van der Waals surface area contributed by atoms with E-state index in [9.17, 15) is 9.90 Å². The molecule has 0 radical (unpaired) electrons. The standard InChI is InChI=1S/C11H17N3O3/c1-8-9(13-17-12-8)7-14-6-4-2-3-5-10(14)11(15)16/h10H,2-7H2,1H3,(H,15,16). The van der Waals surface area contributed by atoms with Gasteiger partial charge in [-0.3, -0.25) is 9.69 Å². The molecule has 0 spiro atoms. The predicted octanol–water partition coefficient (Wildman–Crippen LogP) is 1.21. The Balaban J connectivity index is 2.10. The van der Waals surface area contributed by atoms with E-state index in [-0.39, 0.29) is 0 Å². The lowest BCUT2D eigenvalue weighted by atomic mass is 10.1. The molecule has 1 aromatic rings. The van der Waals surface area contributed by atoms with Crippen LogP contribution in [0.25, 0.3) is 0 Å². The number of carbonyl (C=O) groups is 1. The van der Waals surface area contributed by atoms with E-state index in [4.69, 9.17) is 0 Å². The summed E-state index contributed by atoms with van der Waals surface area (Å²) in [6.45, 7) is 3.12. The number of hydrogen-bond acceptors (Lipinski definition) is 5. The van der Waals surface area contributed by atoms with Crippen molar-refractivity contribution in [2.45, 2.75) is 45.2 Å². The van der Waals surface area contributed by atoms with Crippen LogP contribution in [-0.4, -0.2) is 38.9 Å². The first-order valence-electron chi connectivity index (χ1n) is 5.93. The molecule has 0 bridgehead atoms. The minimum Gasteiger partial charge on any atom is -0.480 e. The highest BCUT2D eigenvalue weighted by molar-refractivity contribution is 5.73. The second-order valence-corrected chi connectivity index (χ2v) is 4.47. The van der Waals surface area contributed by atoms with Crippen LogP contribution in [0.5, 0.6) is 0 Å². The molecule has 0 aromatic carbocycles. The maximum atomic E-state index is 11.2. The molecule has 1 atom stereocenters. The molecule has 1 saturated heterocycles. The van der Waals surface area contributed by atoms with Gasteiger partial charge in [0.25, 0.3) is 0 Å². The zero-order valence-corrected chi connectivity index (χ0v) is 9.93. The predicted molar refractivity (Wildman–Crippen MR) is 59.3 cm³/mol. The van der Waals surface area contributed by atoms with Gasteiger partial charge in [-0.05, 0) is 26.3 Å². The molecule has 1 N–H and O–H groups in total. The molecule has 1 aliphatic heterocycles. The molecule has 0 amide bonds. The summed E-state index contributed by atoms with van der Waals surface area (Å²) in [5.41, 5.74) is 1.47. The van der Waals surface area contributed by atoms with Crippen molar-refractivity contribution in [2.75, 3.05) is 6.54 Å². The van der Waals surface area contributed by atoms with E-state index in [0.717, 1.165) is 37.2 Å². The monoisotopic (exact) mass is 239 g/mol. The third-order valence-electron chi connectivity index (χ3n) is 3.25. The average molecular weight is 239 g/mol. The zero-order chi connectivity index (χ0) is 12.3. The summed E-state index contributed by atoms with van der Waals surface area (Å²) in [6.07, 6.45) is 3.81. The molecule has 1 fully saturated rings. The van der Waals surface area contributed by atoms with Crippen LogP contribution >= 0.6 is 0 Å². The fraction of sp³-hybridized carbons (Fsp3) is 0.727. The quantitative estimate of drug-likeness (QED) is 0.854. The normalized spacial score (nSPS) is 22.3. The molecule has 1 aliphatic rings. The topological polar surface area (TPSA) is 79.5 Å². The van der Waals surface area contributed by atoms with Gasteiger partial charge in [-0.25, -0.2) is 4.63 Å². The first kappa shape index (κ1) is 12.0. The van der Waals surface area contributed by atoms with Gasteiger partial charge in [0, 0.05) is 6.54 Å². The number of aromatic nitrogens is 2. The van der Waals surface area contributed by atoms with Gasteiger partial charge in [0.1, 0.15) is 17.4 Å². The molecular weight excluding hydrogens is 222 g/mol. The van der Waals surface area contributed by atoms with Crippen molar-refractivity contribution in [3.05, 3.63) is 11.4 Å². The maximum Gasteiger partial charge on any atom is 0.320 e. The summed E-state index contributed by atoms with van der Waals surface area (Å²) in [6, 6.07) is -0.409. The molecule has 6 nitrogen and oxygen atoms in total. The van der Waals surface area contributed by atoms with Crippen molar-refractivity contribution >= 4 is 5.97 Å². The van der Waals surface area contributed by atoms with Crippen LogP contribution in [-0.2, 0) is 11.3 Å². The largest absolute Gasteiger partial charge is 0.480 e. The summed E-state index contributed by atoms with van der Waals surface area (Å²) in [5, 5.41) is 16.8. The van der Waals surface area contributed by atoms with Crippen molar-refractivity contribution in [1.82, 2.24) is 15.2 Å². The van der Waals surface area contributed by atoms with Gasteiger partial charge in [-0.1, -0.05) is 23.2 Å². The van der Waals surface area contributed by atoms with Gasteiger partial charge in [-0.15, -0.1) is 0 Å². The maximum absolute atomic E-state index is 11.2. The van der Waals surface area contributed by atoms with E-state index in [2.05, 4.69) is 14.9 Å². The molecule has 0 saturated carbocycles. The summed E-state index contributed by atoms with van der Waals surface area (Å²) < 4.78 is 4.64. The Morgan fingerprint density at radius 1 is 1.47 bits per heavy atom. The van der Waals surface area contributed by atoms with Gasteiger partial charge in [0.2, 0.25) is 0 Å². The molecule has 1 aromatic heterocycles. The number of likely N-dealkylation sites (tertiary alicyclic amines) is 1. The minimum absolute atomic E-state index is 0.409. The smallest absolute Gasteiger partial charge is 0.320 e. The molecule has 6 heteroatoms. The Morgan fingerprint density at radius 3 is 2.94 bits per heavy atom. The summed E-state index contributed by atoms with van der Waals surface area (Å²) in [4.78, 5) is 13.2. The third-order valence-corrected chi connectivity index (χ3v) is 3.25. The lowest BCUT2D eigenvalue weighted by molar-refractivity contribution is -0.143. The SMILES string of the molecule is Cc1nonc1CN1CCCCCC1C(=O)O. The Morgan fingerprint density at radius 2 is 2.29 bits per heavy atom. The van der Waals surface area contributed by atoms with Crippen molar-refractivity contribution in [2.24, 2.45) is 0 Å². The fourth-order valence-electron chi connectivity index (χ4n) is 2.22. The van der Waals surface area contributed by atoms with E-state index >= 15 is 0 Å².